The third-order valence-electron chi connectivity index (χ3n) is 5.18. The van der Waals surface area contributed by atoms with Crippen LogP contribution >= 0.6 is 0 Å². The van der Waals surface area contributed by atoms with Gasteiger partial charge in [-0.1, -0.05) is 43.2 Å². The summed E-state index contributed by atoms with van der Waals surface area (Å²) in [7, 11) is 0. The molecule has 162 valence electrons. The third-order valence-corrected chi connectivity index (χ3v) is 5.18. The molecule has 3 aromatic rings. The van der Waals surface area contributed by atoms with Crippen LogP contribution in [0.4, 0.5) is 5.69 Å². The van der Waals surface area contributed by atoms with E-state index in [9.17, 15) is 9.59 Å². The standard InChI is InChI=1S/C25H29N3O3/c1-5-6-7-20-10-12-21(13-11-20)25(30)31-16-23(29)26-24-18(3)27-28(19(24)4)22-14-8-17(2)9-15-22/h8-15H,5-7,16H2,1-4H3,(H,26,29). The first kappa shape index (κ1) is 22.3. The average Bonchev–Trinajstić information content (AvgIpc) is 3.05. The van der Waals surface area contributed by atoms with Gasteiger partial charge in [-0.3, -0.25) is 4.79 Å². The molecule has 0 saturated heterocycles. The Labute approximate surface area is 183 Å². The lowest BCUT2D eigenvalue weighted by Crippen LogP contribution is -2.21. The quantitative estimate of drug-likeness (QED) is 0.525. The van der Waals surface area contributed by atoms with Gasteiger partial charge in [-0.2, -0.15) is 5.10 Å². The fraction of sp³-hybridized carbons (Fsp3) is 0.320. The van der Waals surface area contributed by atoms with E-state index >= 15 is 0 Å². The highest BCUT2D eigenvalue weighted by molar-refractivity contribution is 5.96. The zero-order chi connectivity index (χ0) is 22.4. The Kier molecular flexibility index (Phi) is 7.23. The number of carbonyl (C=O) groups is 2. The van der Waals surface area contributed by atoms with E-state index in [1.165, 1.54) is 5.56 Å². The highest BCUT2D eigenvalue weighted by Crippen LogP contribution is 2.23. The second-order valence-electron chi connectivity index (χ2n) is 7.72. The van der Waals surface area contributed by atoms with Crippen molar-refractivity contribution in [1.82, 2.24) is 9.78 Å². The molecule has 1 heterocycles. The lowest BCUT2D eigenvalue weighted by Gasteiger charge is -2.08. The van der Waals surface area contributed by atoms with Crippen molar-refractivity contribution in [1.29, 1.82) is 0 Å². The average molecular weight is 420 g/mol. The summed E-state index contributed by atoms with van der Waals surface area (Å²) < 4.78 is 6.98. The summed E-state index contributed by atoms with van der Waals surface area (Å²) in [5, 5.41) is 7.35. The maximum Gasteiger partial charge on any atom is 0.338 e. The third kappa shape index (κ3) is 5.60. The van der Waals surface area contributed by atoms with Crippen LogP contribution in [0.1, 0.15) is 52.6 Å². The zero-order valence-corrected chi connectivity index (χ0v) is 18.6. The summed E-state index contributed by atoms with van der Waals surface area (Å²) >= 11 is 0. The van der Waals surface area contributed by atoms with Gasteiger partial charge >= 0.3 is 5.97 Å². The molecule has 31 heavy (non-hydrogen) atoms. The minimum Gasteiger partial charge on any atom is -0.452 e. The molecule has 6 heteroatoms. The summed E-state index contributed by atoms with van der Waals surface area (Å²) in [5.74, 6) is -0.913. The van der Waals surface area contributed by atoms with Gasteiger partial charge in [0.25, 0.3) is 5.91 Å². The van der Waals surface area contributed by atoms with Crippen molar-refractivity contribution in [3.05, 3.63) is 76.6 Å². The largest absolute Gasteiger partial charge is 0.452 e. The molecular formula is C25H29N3O3. The Morgan fingerprint density at radius 3 is 2.32 bits per heavy atom. The number of benzene rings is 2. The molecule has 0 spiro atoms. The first-order valence-corrected chi connectivity index (χ1v) is 10.6. The molecule has 0 aliphatic carbocycles. The minimum absolute atomic E-state index is 0.356. The van der Waals surface area contributed by atoms with E-state index in [-0.39, 0.29) is 6.61 Å². The van der Waals surface area contributed by atoms with Gasteiger partial charge in [0, 0.05) is 0 Å². The SMILES string of the molecule is CCCCc1ccc(C(=O)OCC(=O)Nc2c(C)nn(-c3ccc(C)cc3)c2C)cc1. The molecular weight excluding hydrogens is 390 g/mol. The summed E-state index contributed by atoms with van der Waals surface area (Å²) in [6, 6.07) is 15.3. The Morgan fingerprint density at radius 1 is 1.00 bits per heavy atom. The van der Waals surface area contributed by atoms with Gasteiger partial charge in [0.15, 0.2) is 6.61 Å². The molecule has 1 amide bonds. The number of unbranched alkanes of at least 4 members (excludes halogenated alkanes) is 1. The van der Waals surface area contributed by atoms with Crippen LogP contribution in [0.3, 0.4) is 0 Å². The number of esters is 1. The maximum absolute atomic E-state index is 12.4. The molecule has 0 radical (unpaired) electrons. The van der Waals surface area contributed by atoms with E-state index < -0.39 is 11.9 Å². The van der Waals surface area contributed by atoms with Gasteiger partial charge in [0.05, 0.1) is 28.3 Å². The van der Waals surface area contributed by atoms with E-state index in [2.05, 4.69) is 17.3 Å². The maximum atomic E-state index is 12.4. The molecule has 0 atom stereocenters. The lowest BCUT2D eigenvalue weighted by molar-refractivity contribution is -0.119. The normalized spacial score (nSPS) is 10.7. The number of hydrogen-bond donors (Lipinski definition) is 1. The van der Waals surface area contributed by atoms with E-state index in [1.807, 2.05) is 57.2 Å². The summed E-state index contributed by atoms with van der Waals surface area (Å²) in [5.41, 5.74) is 5.84. The summed E-state index contributed by atoms with van der Waals surface area (Å²) in [6.45, 7) is 7.54. The summed E-state index contributed by atoms with van der Waals surface area (Å²) in [6.07, 6.45) is 3.23. The minimum atomic E-state index is -0.513. The molecule has 0 unspecified atom stereocenters. The van der Waals surface area contributed by atoms with E-state index in [0.29, 0.717) is 16.9 Å². The zero-order valence-electron chi connectivity index (χ0n) is 18.6. The molecule has 0 aliphatic rings. The highest BCUT2D eigenvalue weighted by atomic mass is 16.5. The van der Waals surface area contributed by atoms with Crippen LogP contribution in [-0.4, -0.2) is 28.3 Å². The fourth-order valence-corrected chi connectivity index (χ4v) is 3.34. The molecule has 3 rings (SSSR count). The smallest absolute Gasteiger partial charge is 0.338 e. The van der Waals surface area contributed by atoms with Gasteiger partial charge in [0.1, 0.15) is 0 Å². The number of aromatic nitrogens is 2. The van der Waals surface area contributed by atoms with Crippen LogP contribution in [0.15, 0.2) is 48.5 Å². The second kappa shape index (κ2) is 10.1. The Hall–Kier alpha value is -3.41. The highest BCUT2D eigenvalue weighted by Gasteiger charge is 2.17. The van der Waals surface area contributed by atoms with Crippen molar-refractivity contribution in [2.24, 2.45) is 0 Å². The number of ether oxygens (including phenoxy) is 1. The first-order valence-electron chi connectivity index (χ1n) is 10.6. The number of anilines is 1. The van der Waals surface area contributed by atoms with Crippen molar-refractivity contribution in [2.45, 2.75) is 47.0 Å². The molecule has 0 saturated carbocycles. The topological polar surface area (TPSA) is 73.2 Å². The number of nitrogens with zero attached hydrogens (tertiary/aromatic N) is 2. The molecule has 0 fully saturated rings. The predicted octanol–water partition coefficient (Wildman–Crippen LogP) is 4.94. The summed E-state index contributed by atoms with van der Waals surface area (Å²) in [4.78, 5) is 24.6. The van der Waals surface area contributed by atoms with Crippen LogP contribution in [0, 0.1) is 20.8 Å². The van der Waals surface area contributed by atoms with E-state index in [1.54, 1.807) is 16.8 Å². The van der Waals surface area contributed by atoms with E-state index in [0.717, 1.165) is 36.2 Å². The lowest BCUT2D eigenvalue weighted by atomic mass is 10.1. The van der Waals surface area contributed by atoms with Crippen molar-refractivity contribution < 1.29 is 14.3 Å². The van der Waals surface area contributed by atoms with Crippen molar-refractivity contribution in [3.63, 3.8) is 0 Å². The van der Waals surface area contributed by atoms with Gasteiger partial charge < -0.3 is 10.1 Å². The van der Waals surface area contributed by atoms with Crippen LogP contribution in [0.5, 0.6) is 0 Å². The van der Waals surface area contributed by atoms with Gasteiger partial charge in [-0.05, 0) is 63.4 Å². The number of aryl methyl sites for hydroxylation is 3. The molecule has 6 nitrogen and oxygen atoms in total. The number of nitrogens with one attached hydrogen (secondary N) is 1. The molecule has 1 aromatic heterocycles. The number of amides is 1. The predicted molar refractivity (Wildman–Crippen MR) is 122 cm³/mol. The molecule has 2 aromatic carbocycles. The van der Waals surface area contributed by atoms with Crippen LogP contribution in [-0.2, 0) is 16.0 Å². The van der Waals surface area contributed by atoms with Crippen LogP contribution in [0.2, 0.25) is 0 Å². The second-order valence-corrected chi connectivity index (χ2v) is 7.72. The first-order chi connectivity index (χ1) is 14.9. The number of rotatable bonds is 8. The Morgan fingerprint density at radius 2 is 1.68 bits per heavy atom. The van der Waals surface area contributed by atoms with Crippen LogP contribution in [0.25, 0.3) is 5.69 Å². The molecule has 1 N–H and O–H groups in total. The number of hydrogen-bond acceptors (Lipinski definition) is 4. The van der Waals surface area contributed by atoms with Gasteiger partial charge in [-0.15, -0.1) is 0 Å². The van der Waals surface area contributed by atoms with Crippen molar-refractivity contribution in [2.75, 3.05) is 11.9 Å². The monoisotopic (exact) mass is 419 g/mol. The Balaban J connectivity index is 1.59. The molecule has 0 aliphatic heterocycles. The van der Waals surface area contributed by atoms with Crippen LogP contribution < -0.4 is 5.32 Å². The van der Waals surface area contributed by atoms with E-state index in [4.69, 9.17) is 4.74 Å². The number of carbonyl (C=O) groups excluding carboxylic acids is 2. The fourth-order valence-electron chi connectivity index (χ4n) is 3.34. The van der Waals surface area contributed by atoms with Crippen molar-refractivity contribution >= 4 is 17.6 Å². The molecule has 0 bridgehead atoms. The van der Waals surface area contributed by atoms with Gasteiger partial charge in [-0.25, -0.2) is 9.48 Å². The van der Waals surface area contributed by atoms with Gasteiger partial charge in [0.2, 0.25) is 0 Å². The Bertz CT molecular complexity index is 1050. The van der Waals surface area contributed by atoms with Crippen molar-refractivity contribution in [3.8, 4) is 5.69 Å².